The lowest BCUT2D eigenvalue weighted by atomic mass is 10.0. The summed E-state index contributed by atoms with van der Waals surface area (Å²) in [4.78, 5) is 33.9. The Morgan fingerprint density at radius 3 is 2.31 bits per heavy atom. The third-order valence-corrected chi connectivity index (χ3v) is 6.01. The van der Waals surface area contributed by atoms with Gasteiger partial charge in [-0.2, -0.15) is 0 Å². The molecule has 0 heterocycles. The smallest absolute Gasteiger partial charge is 0.316 e. The number of rotatable bonds is 8. The number of carbonyl (C=O) groups excluding carboxylic acids is 1. The molecule has 164 valence electrons. The molecule has 0 bridgehead atoms. The van der Waals surface area contributed by atoms with Crippen LogP contribution in [0.1, 0.15) is 12.0 Å². The number of allylic oxidation sites excluding steroid dienone is 1. The van der Waals surface area contributed by atoms with Crippen LogP contribution in [0.25, 0.3) is 16.8 Å². The van der Waals surface area contributed by atoms with E-state index in [-0.39, 0.29) is 17.0 Å². The van der Waals surface area contributed by atoms with Gasteiger partial charge in [-0.3, -0.25) is 19.7 Å². The molecule has 3 aromatic carbocycles. The van der Waals surface area contributed by atoms with E-state index < -0.39 is 32.7 Å². The zero-order chi connectivity index (χ0) is 23.3. The van der Waals surface area contributed by atoms with Crippen molar-refractivity contribution in [3.63, 3.8) is 0 Å². The minimum atomic E-state index is -4.27. The van der Waals surface area contributed by atoms with Gasteiger partial charge in [-0.1, -0.05) is 42.5 Å². The van der Waals surface area contributed by atoms with E-state index in [0.717, 1.165) is 5.39 Å². The van der Waals surface area contributed by atoms with Gasteiger partial charge < -0.3 is 5.11 Å². The molecule has 3 rings (SSSR count). The molecule has 9 nitrogen and oxygen atoms in total. The minimum absolute atomic E-state index is 0.0937. The Bertz CT molecular complexity index is 1320. The summed E-state index contributed by atoms with van der Waals surface area (Å²) in [6.07, 6.45) is 2.61. The zero-order valence-electron chi connectivity index (χ0n) is 16.5. The van der Waals surface area contributed by atoms with Crippen molar-refractivity contribution in [3.05, 3.63) is 88.5 Å². The van der Waals surface area contributed by atoms with Gasteiger partial charge >= 0.3 is 5.97 Å². The summed E-state index contributed by atoms with van der Waals surface area (Å²) in [7, 11) is -4.27. The maximum Gasteiger partial charge on any atom is 0.316 e. The first-order chi connectivity index (χ1) is 15.2. The average Bonchev–Trinajstić information content (AvgIpc) is 2.76. The lowest BCUT2D eigenvalue weighted by Crippen LogP contribution is -2.38. The molecule has 0 saturated heterocycles. The van der Waals surface area contributed by atoms with E-state index in [9.17, 15) is 33.2 Å². The molecular weight excluding hydrogens is 436 g/mol. The number of non-ortho nitro benzene ring substituents is 1. The van der Waals surface area contributed by atoms with Gasteiger partial charge in [-0.25, -0.2) is 13.1 Å². The minimum Gasteiger partial charge on any atom is -0.481 e. The fourth-order valence-electron chi connectivity index (χ4n) is 2.96. The van der Waals surface area contributed by atoms with Gasteiger partial charge in [0.25, 0.3) is 15.7 Å². The molecule has 0 spiro atoms. The van der Waals surface area contributed by atoms with Crippen molar-refractivity contribution in [1.82, 2.24) is 4.72 Å². The molecule has 0 aliphatic rings. The quantitative estimate of drug-likeness (QED) is 0.302. The Hall–Kier alpha value is -4.05. The standard InChI is InChI=1S/C22H18N2O7S/c25-21(23-32(30,31)19-13-10-16-5-1-2-6-17(16)14-19)20(22(26)27)7-3-4-15-8-11-18(12-9-15)24(28)29/h1-6,8-14,20H,7H2,(H,23,25)(H,26,27)/b4-3+. The van der Waals surface area contributed by atoms with Crippen molar-refractivity contribution in [2.24, 2.45) is 5.92 Å². The first-order valence-corrected chi connectivity index (χ1v) is 10.8. The molecular formula is C22H18N2O7S. The van der Waals surface area contributed by atoms with E-state index in [4.69, 9.17) is 0 Å². The number of sulfonamides is 1. The molecule has 10 heteroatoms. The molecule has 3 aromatic rings. The van der Waals surface area contributed by atoms with Crippen molar-refractivity contribution in [2.45, 2.75) is 11.3 Å². The maximum atomic E-state index is 12.6. The van der Waals surface area contributed by atoms with Crippen LogP contribution in [0.15, 0.2) is 77.7 Å². The van der Waals surface area contributed by atoms with Crippen LogP contribution in [0.5, 0.6) is 0 Å². The second-order valence-electron chi connectivity index (χ2n) is 6.86. The van der Waals surface area contributed by atoms with Gasteiger partial charge in [0.05, 0.1) is 9.82 Å². The number of nitro groups is 1. The molecule has 32 heavy (non-hydrogen) atoms. The summed E-state index contributed by atoms with van der Waals surface area (Å²) in [5, 5.41) is 21.5. The summed E-state index contributed by atoms with van der Waals surface area (Å²) in [5.41, 5.74) is 0.466. The number of aliphatic carboxylic acids is 1. The van der Waals surface area contributed by atoms with E-state index in [2.05, 4.69) is 0 Å². The number of nitrogens with one attached hydrogen (secondary N) is 1. The number of carboxylic acid groups (broad SMARTS) is 1. The molecule has 0 aromatic heterocycles. The van der Waals surface area contributed by atoms with Crippen molar-refractivity contribution < 1.29 is 28.0 Å². The number of hydrogen-bond donors (Lipinski definition) is 2. The summed E-state index contributed by atoms with van der Waals surface area (Å²) in [6.45, 7) is 0. The molecule has 0 radical (unpaired) electrons. The molecule has 1 atom stereocenters. The molecule has 2 N–H and O–H groups in total. The molecule has 0 saturated carbocycles. The highest BCUT2D eigenvalue weighted by Crippen LogP contribution is 2.20. The third kappa shape index (κ3) is 5.35. The molecule has 1 amide bonds. The van der Waals surface area contributed by atoms with Crippen LogP contribution in [-0.2, 0) is 19.6 Å². The van der Waals surface area contributed by atoms with Crippen molar-refractivity contribution in [3.8, 4) is 0 Å². The summed E-state index contributed by atoms with van der Waals surface area (Å²) in [5.74, 6) is -4.29. The van der Waals surface area contributed by atoms with E-state index in [1.54, 1.807) is 24.3 Å². The van der Waals surface area contributed by atoms with Gasteiger partial charge in [0.2, 0.25) is 5.91 Å². The number of benzene rings is 3. The zero-order valence-corrected chi connectivity index (χ0v) is 17.4. The number of carbonyl (C=O) groups is 2. The van der Waals surface area contributed by atoms with Gasteiger partial charge in [0, 0.05) is 12.1 Å². The second-order valence-corrected chi connectivity index (χ2v) is 8.54. The van der Waals surface area contributed by atoms with Crippen molar-refractivity contribution in [2.75, 3.05) is 0 Å². The monoisotopic (exact) mass is 454 g/mol. The fraction of sp³-hybridized carbons (Fsp3) is 0.0909. The Balaban J connectivity index is 1.72. The van der Waals surface area contributed by atoms with E-state index in [0.29, 0.717) is 10.9 Å². The van der Waals surface area contributed by atoms with Crippen LogP contribution in [-0.4, -0.2) is 30.3 Å². The number of amides is 1. The molecule has 1 unspecified atom stereocenters. The topological polar surface area (TPSA) is 144 Å². The number of fused-ring (bicyclic) bond motifs is 1. The Morgan fingerprint density at radius 2 is 1.69 bits per heavy atom. The van der Waals surface area contributed by atoms with Gasteiger partial charge in [-0.15, -0.1) is 0 Å². The second kappa shape index (κ2) is 9.40. The molecule has 0 aliphatic carbocycles. The third-order valence-electron chi connectivity index (χ3n) is 4.67. The van der Waals surface area contributed by atoms with Crippen molar-refractivity contribution in [1.29, 1.82) is 0 Å². The Morgan fingerprint density at radius 1 is 1.03 bits per heavy atom. The van der Waals surface area contributed by atoms with Crippen LogP contribution >= 0.6 is 0 Å². The lowest BCUT2D eigenvalue weighted by Gasteiger charge is -2.12. The van der Waals surface area contributed by atoms with E-state index in [1.165, 1.54) is 48.6 Å². The fourth-order valence-corrected chi connectivity index (χ4v) is 4.02. The number of hydrogen-bond acceptors (Lipinski definition) is 6. The Kier molecular flexibility index (Phi) is 6.64. The first kappa shape index (κ1) is 22.6. The highest BCUT2D eigenvalue weighted by molar-refractivity contribution is 7.90. The molecule has 0 aliphatic heterocycles. The van der Waals surface area contributed by atoms with Crippen LogP contribution in [0, 0.1) is 16.0 Å². The largest absolute Gasteiger partial charge is 0.481 e. The molecule has 0 fully saturated rings. The van der Waals surface area contributed by atoms with E-state index >= 15 is 0 Å². The van der Waals surface area contributed by atoms with Crippen LogP contribution in [0.3, 0.4) is 0 Å². The average molecular weight is 454 g/mol. The highest BCUT2D eigenvalue weighted by Gasteiger charge is 2.29. The van der Waals surface area contributed by atoms with Crippen molar-refractivity contribution >= 4 is 44.4 Å². The van der Waals surface area contributed by atoms with Crippen LogP contribution in [0.2, 0.25) is 0 Å². The summed E-state index contributed by atoms with van der Waals surface area (Å²) < 4.78 is 27.0. The first-order valence-electron chi connectivity index (χ1n) is 9.36. The Labute approximate surface area is 183 Å². The van der Waals surface area contributed by atoms with Crippen LogP contribution in [0.4, 0.5) is 5.69 Å². The lowest BCUT2D eigenvalue weighted by molar-refractivity contribution is -0.384. The van der Waals surface area contributed by atoms with Gasteiger partial charge in [0.1, 0.15) is 5.92 Å². The predicted octanol–water partition coefficient (Wildman–Crippen LogP) is 3.36. The number of carboxylic acids is 1. The van der Waals surface area contributed by atoms with Gasteiger partial charge in [-0.05, 0) is 47.0 Å². The normalized spacial score (nSPS) is 12.5. The number of nitro benzene ring substituents is 1. The maximum absolute atomic E-state index is 12.6. The van der Waals surface area contributed by atoms with E-state index in [1.807, 2.05) is 10.8 Å². The number of nitrogens with zero attached hydrogens (tertiary/aromatic N) is 1. The van der Waals surface area contributed by atoms with Gasteiger partial charge in [0.15, 0.2) is 0 Å². The summed E-state index contributed by atoms with van der Waals surface area (Å²) in [6, 6.07) is 16.9. The predicted molar refractivity (Wildman–Crippen MR) is 117 cm³/mol. The highest BCUT2D eigenvalue weighted by atomic mass is 32.2. The summed E-state index contributed by atoms with van der Waals surface area (Å²) >= 11 is 0. The van der Waals surface area contributed by atoms with Crippen LogP contribution < -0.4 is 4.72 Å². The SMILES string of the molecule is O=C(O)C(C/C=C/c1ccc([N+](=O)[O-])cc1)C(=O)NS(=O)(=O)c1ccc2ccccc2c1.